The molecule has 2 aromatic carbocycles. The Bertz CT molecular complexity index is 564. The minimum atomic E-state index is 0.448. The van der Waals surface area contributed by atoms with Crippen LogP contribution in [0.1, 0.15) is 37.3 Å². The van der Waals surface area contributed by atoms with Crippen molar-refractivity contribution in [2.24, 2.45) is 0 Å². The zero-order chi connectivity index (χ0) is 14.5. The van der Waals surface area contributed by atoms with Gasteiger partial charge >= 0.3 is 0 Å². The summed E-state index contributed by atoms with van der Waals surface area (Å²) in [6, 6.07) is 13.8. The van der Waals surface area contributed by atoms with Gasteiger partial charge in [0.25, 0.3) is 0 Å². The Balaban J connectivity index is 2.14. The van der Waals surface area contributed by atoms with Crippen LogP contribution >= 0.6 is 23.2 Å². The van der Waals surface area contributed by atoms with Gasteiger partial charge < -0.3 is 4.74 Å². The monoisotopic (exact) mass is 308 g/mol. The van der Waals surface area contributed by atoms with E-state index in [2.05, 4.69) is 26.0 Å². The van der Waals surface area contributed by atoms with Crippen LogP contribution in [0.25, 0.3) is 0 Å². The van der Waals surface area contributed by atoms with Gasteiger partial charge in [-0.2, -0.15) is 0 Å². The van der Waals surface area contributed by atoms with Gasteiger partial charge in [0.2, 0.25) is 0 Å². The summed E-state index contributed by atoms with van der Waals surface area (Å²) in [5.41, 5.74) is 2.31. The number of ether oxygens (including phenoxy) is 1. The fourth-order valence-corrected chi connectivity index (χ4v) is 2.35. The number of halogens is 2. The van der Waals surface area contributed by atoms with Gasteiger partial charge in [-0.1, -0.05) is 43.6 Å². The van der Waals surface area contributed by atoms with Crippen LogP contribution in [0.3, 0.4) is 0 Å². The van der Waals surface area contributed by atoms with Gasteiger partial charge in [-0.15, -0.1) is 11.6 Å². The van der Waals surface area contributed by atoms with E-state index in [1.54, 1.807) is 0 Å². The number of rotatable bonds is 5. The molecule has 106 valence electrons. The molecular formula is C17H18Cl2O. The normalized spacial score (nSPS) is 12.2. The third-order valence-electron chi connectivity index (χ3n) is 3.44. The fourth-order valence-electron chi connectivity index (χ4n) is 1.94. The van der Waals surface area contributed by atoms with Crippen LogP contribution in [-0.2, 0) is 5.88 Å². The van der Waals surface area contributed by atoms with Crippen LogP contribution < -0.4 is 4.74 Å². The van der Waals surface area contributed by atoms with E-state index < -0.39 is 0 Å². The van der Waals surface area contributed by atoms with E-state index >= 15 is 0 Å². The highest BCUT2D eigenvalue weighted by atomic mass is 35.5. The Labute approximate surface area is 130 Å². The second-order valence-corrected chi connectivity index (χ2v) is 5.55. The Morgan fingerprint density at radius 3 is 2.35 bits per heavy atom. The van der Waals surface area contributed by atoms with Crippen molar-refractivity contribution in [3.8, 4) is 11.5 Å². The molecule has 1 atom stereocenters. The summed E-state index contributed by atoms with van der Waals surface area (Å²) < 4.78 is 5.80. The molecule has 3 heteroatoms. The second kappa shape index (κ2) is 7.01. The predicted octanol–water partition coefficient (Wildman–Crippen LogP) is 6.38. The van der Waals surface area contributed by atoms with Gasteiger partial charge in [0, 0.05) is 5.88 Å². The topological polar surface area (TPSA) is 9.23 Å². The molecule has 2 aromatic rings. The number of hydrogen-bond acceptors (Lipinski definition) is 1. The standard InChI is InChI=1S/C17H18Cl2O/c1-3-12(2)14-5-7-15(8-6-14)20-17-9-4-13(11-18)10-16(17)19/h4-10,12H,3,11H2,1-2H3. The lowest BCUT2D eigenvalue weighted by Crippen LogP contribution is -1.91. The Morgan fingerprint density at radius 1 is 1.10 bits per heavy atom. The van der Waals surface area contributed by atoms with Gasteiger partial charge in [0.05, 0.1) is 5.02 Å². The third-order valence-corrected chi connectivity index (χ3v) is 4.04. The Kier molecular flexibility index (Phi) is 5.33. The molecule has 1 nitrogen and oxygen atoms in total. The summed E-state index contributed by atoms with van der Waals surface area (Å²) in [4.78, 5) is 0. The van der Waals surface area contributed by atoms with Crippen LogP contribution in [0.5, 0.6) is 11.5 Å². The maximum Gasteiger partial charge on any atom is 0.146 e. The van der Waals surface area contributed by atoms with Crippen molar-refractivity contribution in [1.29, 1.82) is 0 Å². The van der Waals surface area contributed by atoms with Crippen molar-refractivity contribution in [3.63, 3.8) is 0 Å². The zero-order valence-electron chi connectivity index (χ0n) is 11.7. The molecule has 0 aliphatic heterocycles. The van der Waals surface area contributed by atoms with E-state index in [4.69, 9.17) is 27.9 Å². The number of hydrogen-bond donors (Lipinski definition) is 0. The Hall–Kier alpha value is -1.18. The predicted molar refractivity (Wildman–Crippen MR) is 86.2 cm³/mol. The molecule has 1 unspecified atom stereocenters. The zero-order valence-corrected chi connectivity index (χ0v) is 13.2. The van der Waals surface area contributed by atoms with Crippen LogP contribution in [0, 0.1) is 0 Å². The molecule has 0 fully saturated rings. The van der Waals surface area contributed by atoms with Crippen LogP contribution in [0.2, 0.25) is 5.02 Å². The van der Waals surface area contributed by atoms with Crippen molar-refractivity contribution in [2.45, 2.75) is 32.1 Å². The van der Waals surface area contributed by atoms with Gasteiger partial charge in [-0.05, 0) is 47.7 Å². The summed E-state index contributed by atoms with van der Waals surface area (Å²) >= 11 is 12.0. The molecule has 0 radical (unpaired) electrons. The van der Waals surface area contributed by atoms with E-state index in [0.29, 0.717) is 22.6 Å². The van der Waals surface area contributed by atoms with Crippen LogP contribution in [0.4, 0.5) is 0 Å². The average Bonchev–Trinajstić information content (AvgIpc) is 2.49. The molecule has 0 heterocycles. The molecule has 20 heavy (non-hydrogen) atoms. The van der Waals surface area contributed by atoms with E-state index in [0.717, 1.165) is 17.7 Å². The third kappa shape index (κ3) is 3.68. The largest absolute Gasteiger partial charge is 0.456 e. The lowest BCUT2D eigenvalue weighted by molar-refractivity contribution is 0.482. The molecule has 0 saturated heterocycles. The number of benzene rings is 2. The van der Waals surface area contributed by atoms with Gasteiger partial charge in [-0.3, -0.25) is 0 Å². The summed E-state index contributed by atoms with van der Waals surface area (Å²) in [6.07, 6.45) is 1.13. The molecular weight excluding hydrogens is 291 g/mol. The average molecular weight is 309 g/mol. The molecule has 2 rings (SSSR count). The molecule has 0 aliphatic carbocycles. The van der Waals surface area contributed by atoms with Crippen LogP contribution in [0.15, 0.2) is 42.5 Å². The minimum Gasteiger partial charge on any atom is -0.456 e. The van der Waals surface area contributed by atoms with Gasteiger partial charge in [-0.25, -0.2) is 0 Å². The van der Waals surface area contributed by atoms with Crippen molar-refractivity contribution in [2.75, 3.05) is 0 Å². The Morgan fingerprint density at radius 2 is 1.80 bits per heavy atom. The molecule has 0 saturated carbocycles. The summed E-state index contributed by atoms with van der Waals surface area (Å²) in [5.74, 6) is 2.45. The van der Waals surface area contributed by atoms with E-state index in [9.17, 15) is 0 Å². The first-order chi connectivity index (χ1) is 9.63. The summed E-state index contributed by atoms with van der Waals surface area (Å²) in [6.45, 7) is 4.41. The highest BCUT2D eigenvalue weighted by molar-refractivity contribution is 6.32. The molecule has 0 N–H and O–H groups in total. The van der Waals surface area contributed by atoms with Gasteiger partial charge in [0.15, 0.2) is 0 Å². The van der Waals surface area contributed by atoms with E-state index in [-0.39, 0.29) is 0 Å². The molecule has 0 amide bonds. The SMILES string of the molecule is CCC(C)c1ccc(Oc2ccc(CCl)cc2Cl)cc1. The molecule has 0 spiro atoms. The first kappa shape index (κ1) is 15.2. The second-order valence-electron chi connectivity index (χ2n) is 4.88. The van der Waals surface area contributed by atoms with E-state index in [1.807, 2.05) is 30.3 Å². The van der Waals surface area contributed by atoms with Crippen molar-refractivity contribution >= 4 is 23.2 Å². The lowest BCUT2D eigenvalue weighted by Gasteiger charge is -2.11. The first-order valence-electron chi connectivity index (χ1n) is 6.76. The molecule has 0 bridgehead atoms. The maximum absolute atomic E-state index is 6.18. The van der Waals surface area contributed by atoms with Crippen LogP contribution in [-0.4, -0.2) is 0 Å². The van der Waals surface area contributed by atoms with Crippen molar-refractivity contribution in [3.05, 3.63) is 58.6 Å². The fraction of sp³-hybridized carbons (Fsp3) is 0.294. The quantitative estimate of drug-likeness (QED) is 0.582. The number of alkyl halides is 1. The van der Waals surface area contributed by atoms with E-state index in [1.165, 1.54) is 5.56 Å². The van der Waals surface area contributed by atoms with Gasteiger partial charge in [0.1, 0.15) is 11.5 Å². The first-order valence-corrected chi connectivity index (χ1v) is 7.67. The summed E-state index contributed by atoms with van der Waals surface area (Å²) in [7, 11) is 0. The molecule has 0 aliphatic rings. The molecule has 0 aromatic heterocycles. The summed E-state index contributed by atoms with van der Waals surface area (Å²) in [5, 5.41) is 0.578. The van der Waals surface area contributed by atoms with Crippen molar-refractivity contribution in [1.82, 2.24) is 0 Å². The highest BCUT2D eigenvalue weighted by Gasteiger charge is 2.06. The maximum atomic E-state index is 6.18. The van der Waals surface area contributed by atoms with Crippen molar-refractivity contribution < 1.29 is 4.74 Å². The smallest absolute Gasteiger partial charge is 0.146 e. The lowest BCUT2D eigenvalue weighted by atomic mass is 9.99. The minimum absolute atomic E-state index is 0.448. The highest BCUT2D eigenvalue weighted by Crippen LogP contribution is 2.31.